The zero-order chi connectivity index (χ0) is 13.8. The molecule has 0 fully saturated rings. The fraction of sp³-hybridized carbons (Fsp3) is 0.625. The third-order valence-electron chi connectivity index (χ3n) is 2.06. The van der Waals surface area contributed by atoms with Crippen molar-refractivity contribution in [1.29, 1.82) is 0 Å². The van der Waals surface area contributed by atoms with Crippen molar-refractivity contribution in [3.63, 3.8) is 0 Å². The van der Waals surface area contributed by atoms with Crippen molar-refractivity contribution in [2.45, 2.75) is 51.3 Å². The van der Waals surface area contributed by atoms with Crippen LogP contribution in [0.15, 0.2) is 28.0 Å². The standard InChI is InChI=1S/C16H25S2/c1-15(2,3)11-17-13-8-7-9-14(10-13)18-12-16(4,5)6/h7-9H,11-12H2,1-6H3. The smallest absolute Gasteiger partial charge is 0.0163 e. The molecule has 0 amide bonds. The van der Waals surface area contributed by atoms with E-state index in [-0.39, 0.29) is 0 Å². The van der Waals surface area contributed by atoms with Crippen molar-refractivity contribution >= 4 is 23.5 Å². The summed E-state index contributed by atoms with van der Waals surface area (Å²) >= 11 is 3.81. The number of hydrogen-bond donors (Lipinski definition) is 0. The van der Waals surface area contributed by atoms with Gasteiger partial charge in [-0.3, -0.25) is 0 Å². The highest BCUT2D eigenvalue weighted by molar-refractivity contribution is 8.00. The quantitative estimate of drug-likeness (QED) is 0.643. The minimum atomic E-state index is 0.368. The van der Waals surface area contributed by atoms with Crippen LogP contribution >= 0.6 is 23.5 Å². The van der Waals surface area contributed by atoms with Gasteiger partial charge in [0.2, 0.25) is 0 Å². The Morgan fingerprint density at radius 3 is 1.56 bits per heavy atom. The van der Waals surface area contributed by atoms with Crippen LogP contribution in [0.4, 0.5) is 0 Å². The Labute approximate surface area is 121 Å². The predicted octanol–water partition coefficient (Wildman–Crippen LogP) is 5.76. The highest BCUT2D eigenvalue weighted by Crippen LogP contribution is 2.31. The Balaban J connectivity index is 2.57. The average Bonchev–Trinajstić information content (AvgIpc) is 2.22. The lowest BCUT2D eigenvalue weighted by atomic mass is 10.0. The Morgan fingerprint density at radius 1 is 0.833 bits per heavy atom. The molecule has 2 heteroatoms. The Hall–Kier alpha value is -0.0800. The molecule has 1 radical (unpaired) electrons. The van der Waals surface area contributed by atoms with E-state index >= 15 is 0 Å². The zero-order valence-corrected chi connectivity index (χ0v) is 14.1. The summed E-state index contributed by atoms with van der Waals surface area (Å²) in [7, 11) is 0. The first-order valence-electron chi connectivity index (χ1n) is 6.44. The van der Waals surface area contributed by atoms with Gasteiger partial charge in [0.05, 0.1) is 0 Å². The fourth-order valence-corrected chi connectivity index (χ4v) is 3.14. The second-order valence-electron chi connectivity index (χ2n) is 7.08. The van der Waals surface area contributed by atoms with Gasteiger partial charge in [0.25, 0.3) is 0 Å². The minimum absolute atomic E-state index is 0.368. The van der Waals surface area contributed by atoms with Crippen molar-refractivity contribution in [3.05, 3.63) is 24.3 Å². The molecule has 101 valence electrons. The normalized spacial score (nSPS) is 12.8. The van der Waals surface area contributed by atoms with E-state index in [4.69, 9.17) is 0 Å². The molecule has 0 aliphatic rings. The second-order valence-corrected chi connectivity index (χ2v) is 9.11. The summed E-state index contributed by atoms with van der Waals surface area (Å²) in [6, 6.07) is 9.99. The van der Waals surface area contributed by atoms with Crippen LogP contribution in [0.3, 0.4) is 0 Å². The topological polar surface area (TPSA) is 0 Å². The molecule has 0 unspecified atom stereocenters. The SMILES string of the molecule is CC(C)(C)CSc1[c]c(SCC(C)(C)C)ccc1. The van der Waals surface area contributed by atoms with Crippen molar-refractivity contribution in [1.82, 2.24) is 0 Å². The summed E-state index contributed by atoms with van der Waals surface area (Å²) < 4.78 is 0. The van der Waals surface area contributed by atoms with Gasteiger partial charge in [0, 0.05) is 27.4 Å². The lowest BCUT2D eigenvalue weighted by Crippen LogP contribution is -2.08. The zero-order valence-electron chi connectivity index (χ0n) is 12.5. The molecule has 0 nitrogen and oxygen atoms in total. The van der Waals surface area contributed by atoms with Gasteiger partial charge in [-0.25, -0.2) is 0 Å². The summed E-state index contributed by atoms with van der Waals surface area (Å²) in [5.74, 6) is 2.27. The van der Waals surface area contributed by atoms with E-state index in [1.807, 2.05) is 23.5 Å². The molecule has 0 saturated carbocycles. The van der Waals surface area contributed by atoms with E-state index in [1.165, 1.54) is 9.79 Å². The van der Waals surface area contributed by atoms with Crippen LogP contribution in [0.1, 0.15) is 41.5 Å². The van der Waals surface area contributed by atoms with Crippen LogP contribution in [-0.4, -0.2) is 11.5 Å². The van der Waals surface area contributed by atoms with E-state index in [1.54, 1.807) is 0 Å². The van der Waals surface area contributed by atoms with Gasteiger partial charge in [0.15, 0.2) is 0 Å². The Kier molecular flexibility index (Phi) is 5.67. The van der Waals surface area contributed by atoms with Gasteiger partial charge in [-0.1, -0.05) is 47.6 Å². The first kappa shape index (κ1) is 16.0. The van der Waals surface area contributed by atoms with E-state index in [0.717, 1.165) is 11.5 Å². The maximum absolute atomic E-state index is 3.52. The lowest BCUT2D eigenvalue weighted by molar-refractivity contribution is 0.480. The van der Waals surface area contributed by atoms with Gasteiger partial charge in [-0.15, -0.1) is 23.5 Å². The first-order chi connectivity index (χ1) is 8.16. The van der Waals surface area contributed by atoms with Crippen LogP contribution in [0.5, 0.6) is 0 Å². The van der Waals surface area contributed by atoms with Gasteiger partial charge < -0.3 is 0 Å². The number of thioether (sulfide) groups is 2. The number of benzene rings is 1. The van der Waals surface area contributed by atoms with Crippen LogP contribution < -0.4 is 0 Å². The molecule has 1 aromatic carbocycles. The van der Waals surface area contributed by atoms with Crippen LogP contribution in [0, 0.1) is 16.9 Å². The van der Waals surface area contributed by atoms with Crippen LogP contribution in [-0.2, 0) is 0 Å². The van der Waals surface area contributed by atoms with Crippen LogP contribution in [0.25, 0.3) is 0 Å². The molecule has 0 atom stereocenters. The highest BCUT2D eigenvalue weighted by Gasteiger charge is 2.12. The summed E-state index contributed by atoms with van der Waals surface area (Å²) in [5.41, 5.74) is 0.736. The molecule has 0 aliphatic carbocycles. The molecule has 0 saturated heterocycles. The molecule has 0 aromatic heterocycles. The predicted molar refractivity (Wildman–Crippen MR) is 85.6 cm³/mol. The summed E-state index contributed by atoms with van der Waals surface area (Å²) in [4.78, 5) is 2.53. The average molecular weight is 282 g/mol. The molecule has 0 bridgehead atoms. The van der Waals surface area contributed by atoms with Crippen molar-refractivity contribution in [2.24, 2.45) is 10.8 Å². The third kappa shape index (κ3) is 7.38. The second kappa shape index (κ2) is 6.38. The van der Waals surface area contributed by atoms with E-state index in [2.05, 4.69) is 65.8 Å². The molecule has 0 aliphatic heterocycles. The number of rotatable bonds is 4. The van der Waals surface area contributed by atoms with Gasteiger partial charge >= 0.3 is 0 Å². The van der Waals surface area contributed by atoms with Crippen molar-refractivity contribution in [3.8, 4) is 0 Å². The molecule has 1 rings (SSSR count). The summed E-state index contributed by atoms with van der Waals surface area (Å²) in [6.45, 7) is 13.7. The summed E-state index contributed by atoms with van der Waals surface area (Å²) in [5, 5.41) is 0. The molecular formula is C16H25S2. The van der Waals surface area contributed by atoms with Crippen molar-refractivity contribution in [2.75, 3.05) is 11.5 Å². The minimum Gasteiger partial charge on any atom is -0.125 e. The molecular weight excluding hydrogens is 256 g/mol. The molecule has 0 N–H and O–H groups in total. The Bertz CT molecular complexity index is 336. The van der Waals surface area contributed by atoms with E-state index < -0.39 is 0 Å². The van der Waals surface area contributed by atoms with E-state index in [9.17, 15) is 0 Å². The maximum atomic E-state index is 3.52. The first-order valence-corrected chi connectivity index (χ1v) is 8.41. The van der Waals surface area contributed by atoms with E-state index in [0.29, 0.717) is 10.8 Å². The molecule has 0 spiro atoms. The van der Waals surface area contributed by atoms with Crippen LogP contribution in [0.2, 0.25) is 0 Å². The van der Waals surface area contributed by atoms with Gasteiger partial charge in [-0.2, -0.15) is 0 Å². The third-order valence-corrected chi connectivity index (χ3v) is 5.18. The molecule has 18 heavy (non-hydrogen) atoms. The number of hydrogen-bond acceptors (Lipinski definition) is 2. The lowest BCUT2D eigenvalue weighted by Gasteiger charge is -2.18. The van der Waals surface area contributed by atoms with Gasteiger partial charge in [-0.05, 0) is 23.0 Å². The molecule has 0 heterocycles. The fourth-order valence-electron chi connectivity index (χ4n) is 1.18. The summed E-state index contributed by atoms with van der Waals surface area (Å²) in [6.07, 6.45) is 0. The largest absolute Gasteiger partial charge is 0.125 e. The van der Waals surface area contributed by atoms with Gasteiger partial charge in [0.1, 0.15) is 0 Å². The van der Waals surface area contributed by atoms with Crippen molar-refractivity contribution < 1.29 is 0 Å². The maximum Gasteiger partial charge on any atom is 0.0163 e. The molecule has 1 aromatic rings. The Morgan fingerprint density at radius 2 is 1.22 bits per heavy atom. The monoisotopic (exact) mass is 281 g/mol. The highest BCUT2D eigenvalue weighted by atomic mass is 32.2.